The molecule has 0 saturated heterocycles. The van der Waals surface area contributed by atoms with Crippen molar-refractivity contribution in [2.45, 2.75) is 46.0 Å². The number of nitrogens with one attached hydrogen (secondary N) is 1. The molecule has 21 heavy (non-hydrogen) atoms. The Morgan fingerprint density at radius 2 is 2.24 bits per heavy atom. The van der Waals surface area contributed by atoms with E-state index in [1.807, 2.05) is 6.92 Å². The van der Waals surface area contributed by atoms with Gasteiger partial charge >= 0.3 is 6.09 Å². The fourth-order valence-corrected chi connectivity index (χ4v) is 3.94. The molecule has 2 rings (SSSR count). The van der Waals surface area contributed by atoms with Crippen molar-refractivity contribution in [1.82, 2.24) is 0 Å². The number of primary amides is 1. The number of anilines is 1. The van der Waals surface area contributed by atoms with E-state index in [4.69, 9.17) is 10.5 Å². The Labute approximate surface area is 128 Å². The van der Waals surface area contributed by atoms with Crippen molar-refractivity contribution in [2.24, 2.45) is 11.7 Å². The first-order chi connectivity index (χ1) is 10.0. The van der Waals surface area contributed by atoms with E-state index in [0.717, 1.165) is 42.5 Å². The Morgan fingerprint density at radius 3 is 2.90 bits per heavy atom. The standard InChI is InChI=1S/C15H22N2O3S/c1-3-4-7-20-15(19)17-14-12(13(16)18)10-6-5-9(2)8-11(10)21-14/h9H,3-8H2,1-2H3,(H2,16,18)(H,17,19)/t9-/m1/s1. The van der Waals surface area contributed by atoms with E-state index >= 15 is 0 Å². The Bertz CT molecular complexity index is 539. The van der Waals surface area contributed by atoms with E-state index in [0.29, 0.717) is 23.1 Å². The highest BCUT2D eigenvalue weighted by atomic mass is 32.1. The number of hydrogen-bond donors (Lipinski definition) is 2. The summed E-state index contributed by atoms with van der Waals surface area (Å²) in [6.45, 7) is 4.61. The molecule has 1 aliphatic carbocycles. The summed E-state index contributed by atoms with van der Waals surface area (Å²) in [6.07, 6.45) is 4.10. The summed E-state index contributed by atoms with van der Waals surface area (Å²) in [5.41, 5.74) is 6.97. The molecule has 0 saturated carbocycles. The topological polar surface area (TPSA) is 81.4 Å². The number of nitrogens with two attached hydrogens (primary N) is 1. The van der Waals surface area contributed by atoms with Crippen LogP contribution < -0.4 is 11.1 Å². The molecule has 1 heterocycles. The van der Waals surface area contributed by atoms with E-state index in [-0.39, 0.29) is 0 Å². The minimum absolute atomic E-state index is 0.385. The zero-order chi connectivity index (χ0) is 15.4. The molecule has 2 amide bonds. The summed E-state index contributed by atoms with van der Waals surface area (Å²) in [7, 11) is 0. The summed E-state index contributed by atoms with van der Waals surface area (Å²) in [6, 6.07) is 0. The van der Waals surface area contributed by atoms with E-state index in [1.165, 1.54) is 11.3 Å². The van der Waals surface area contributed by atoms with Gasteiger partial charge in [-0.05, 0) is 37.2 Å². The Hall–Kier alpha value is -1.56. The summed E-state index contributed by atoms with van der Waals surface area (Å²) >= 11 is 1.45. The largest absolute Gasteiger partial charge is 0.449 e. The molecule has 3 N–H and O–H groups in total. The summed E-state index contributed by atoms with van der Waals surface area (Å²) in [4.78, 5) is 24.6. The average molecular weight is 310 g/mol. The SMILES string of the molecule is CCCCOC(=O)Nc1sc2c(c1C(N)=O)CC[C@@H](C)C2. The Kier molecular flexibility index (Phi) is 5.22. The zero-order valence-electron chi connectivity index (χ0n) is 12.5. The number of hydrogen-bond acceptors (Lipinski definition) is 4. The monoisotopic (exact) mass is 310 g/mol. The number of unbranched alkanes of at least 4 members (excludes halogenated alkanes) is 1. The molecule has 0 aromatic carbocycles. The molecular weight excluding hydrogens is 288 g/mol. The minimum Gasteiger partial charge on any atom is -0.449 e. The maximum Gasteiger partial charge on any atom is 0.412 e. The molecule has 6 heteroatoms. The van der Waals surface area contributed by atoms with Gasteiger partial charge in [0.2, 0.25) is 0 Å². The van der Waals surface area contributed by atoms with Gasteiger partial charge < -0.3 is 10.5 Å². The van der Waals surface area contributed by atoms with E-state index in [9.17, 15) is 9.59 Å². The van der Waals surface area contributed by atoms with Crippen molar-refractivity contribution >= 4 is 28.3 Å². The van der Waals surface area contributed by atoms with Crippen LogP contribution in [-0.4, -0.2) is 18.6 Å². The van der Waals surface area contributed by atoms with Gasteiger partial charge in [0.05, 0.1) is 12.2 Å². The first kappa shape index (κ1) is 15.8. The predicted octanol–water partition coefficient (Wildman–Crippen LogP) is 3.32. The van der Waals surface area contributed by atoms with Crippen molar-refractivity contribution in [3.63, 3.8) is 0 Å². The molecule has 1 aromatic rings. The van der Waals surface area contributed by atoms with Crippen molar-refractivity contribution in [3.8, 4) is 0 Å². The highest BCUT2D eigenvalue weighted by molar-refractivity contribution is 7.17. The molecule has 0 fully saturated rings. The molecule has 1 atom stereocenters. The van der Waals surface area contributed by atoms with Crippen LogP contribution in [0.25, 0.3) is 0 Å². The lowest BCUT2D eigenvalue weighted by atomic mass is 9.88. The molecule has 0 unspecified atom stereocenters. The number of carbonyl (C=O) groups excluding carboxylic acids is 2. The van der Waals surface area contributed by atoms with E-state index in [2.05, 4.69) is 12.2 Å². The molecule has 116 valence electrons. The lowest BCUT2D eigenvalue weighted by Crippen LogP contribution is -2.20. The maximum absolute atomic E-state index is 11.8. The molecule has 1 aliphatic rings. The maximum atomic E-state index is 11.8. The van der Waals surface area contributed by atoms with Crippen LogP contribution in [0.2, 0.25) is 0 Å². The number of carbonyl (C=O) groups is 2. The average Bonchev–Trinajstić information content (AvgIpc) is 2.75. The van der Waals surface area contributed by atoms with Crippen LogP contribution in [0.3, 0.4) is 0 Å². The van der Waals surface area contributed by atoms with Gasteiger partial charge in [-0.2, -0.15) is 0 Å². The second kappa shape index (κ2) is 6.93. The lowest BCUT2D eigenvalue weighted by Gasteiger charge is -2.18. The lowest BCUT2D eigenvalue weighted by molar-refractivity contribution is 0.100. The van der Waals surface area contributed by atoms with Crippen molar-refractivity contribution < 1.29 is 14.3 Å². The quantitative estimate of drug-likeness (QED) is 0.819. The first-order valence-corrected chi connectivity index (χ1v) is 8.22. The Morgan fingerprint density at radius 1 is 1.48 bits per heavy atom. The number of fused-ring (bicyclic) bond motifs is 1. The van der Waals surface area contributed by atoms with Crippen LogP contribution in [0, 0.1) is 5.92 Å². The van der Waals surface area contributed by atoms with Gasteiger partial charge in [0.1, 0.15) is 5.00 Å². The first-order valence-electron chi connectivity index (χ1n) is 7.41. The minimum atomic E-state index is -0.516. The van der Waals surface area contributed by atoms with Gasteiger partial charge in [-0.15, -0.1) is 11.3 Å². The van der Waals surface area contributed by atoms with Crippen LogP contribution in [0.5, 0.6) is 0 Å². The van der Waals surface area contributed by atoms with Crippen LogP contribution in [0.15, 0.2) is 0 Å². The van der Waals surface area contributed by atoms with Crippen molar-refractivity contribution in [3.05, 3.63) is 16.0 Å². The second-order valence-electron chi connectivity index (χ2n) is 5.53. The van der Waals surface area contributed by atoms with Crippen LogP contribution in [0.4, 0.5) is 9.80 Å². The summed E-state index contributed by atoms with van der Waals surface area (Å²) < 4.78 is 5.08. The highest BCUT2D eigenvalue weighted by Gasteiger charge is 2.27. The second-order valence-corrected chi connectivity index (χ2v) is 6.64. The van der Waals surface area contributed by atoms with Gasteiger partial charge in [-0.3, -0.25) is 10.1 Å². The van der Waals surface area contributed by atoms with Crippen molar-refractivity contribution in [1.29, 1.82) is 0 Å². The van der Waals surface area contributed by atoms with E-state index < -0.39 is 12.0 Å². The third-order valence-electron chi connectivity index (χ3n) is 3.70. The number of amides is 2. The fraction of sp³-hybridized carbons (Fsp3) is 0.600. The predicted molar refractivity (Wildman–Crippen MR) is 83.9 cm³/mol. The number of thiophene rings is 1. The van der Waals surface area contributed by atoms with Crippen LogP contribution in [-0.2, 0) is 17.6 Å². The molecule has 0 aliphatic heterocycles. The molecular formula is C15H22N2O3S. The molecule has 0 spiro atoms. The number of rotatable bonds is 5. The highest BCUT2D eigenvalue weighted by Crippen LogP contribution is 2.39. The van der Waals surface area contributed by atoms with Crippen LogP contribution >= 0.6 is 11.3 Å². The zero-order valence-corrected chi connectivity index (χ0v) is 13.3. The van der Waals surface area contributed by atoms with Gasteiger partial charge in [-0.25, -0.2) is 4.79 Å². The summed E-state index contributed by atoms with van der Waals surface area (Å²) in [5.74, 6) is 0.118. The molecule has 5 nitrogen and oxygen atoms in total. The third kappa shape index (κ3) is 3.75. The summed E-state index contributed by atoms with van der Waals surface area (Å²) in [5, 5.41) is 3.21. The molecule has 1 aromatic heterocycles. The number of ether oxygens (including phenoxy) is 1. The third-order valence-corrected chi connectivity index (χ3v) is 4.87. The molecule has 0 radical (unpaired) electrons. The van der Waals surface area contributed by atoms with E-state index in [1.54, 1.807) is 0 Å². The van der Waals surface area contributed by atoms with Crippen LogP contribution in [0.1, 0.15) is 53.9 Å². The van der Waals surface area contributed by atoms with Gasteiger partial charge in [0.15, 0.2) is 0 Å². The van der Waals surface area contributed by atoms with Gasteiger partial charge in [-0.1, -0.05) is 20.3 Å². The van der Waals surface area contributed by atoms with Gasteiger partial charge in [0, 0.05) is 4.88 Å². The normalized spacial score (nSPS) is 17.1. The van der Waals surface area contributed by atoms with Crippen molar-refractivity contribution in [2.75, 3.05) is 11.9 Å². The fourth-order valence-electron chi connectivity index (χ4n) is 2.54. The Balaban J connectivity index is 2.15. The van der Waals surface area contributed by atoms with Gasteiger partial charge in [0.25, 0.3) is 5.91 Å². The molecule has 0 bridgehead atoms. The smallest absolute Gasteiger partial charge is 0.412 e.